The zero-order valence-corrected chi connectivity index (χ0v) is 5.28. The Morgan fingerprint density at radius 3 is 2.20 bits per heavy atom. The van der Waals surface area contributed by atoms with Gasteiger partial charge in [-0.2, -0.15) is 13.2 Å². The predicted octanol–water partition coefficient (Wildman–Crippen LogP) is 1.16. The standard InChI is InChI=1S/C6H8F3N/c7-6(8,9)5-3-1-4(5)10-2-3/h3-5,10H,1-2H2. The highest BCUT2D eigenvalue weighted by Crippen LogP contribution is 2.49. The van der Waals surface area contributed by atoms with E-state index in [1.807, 2.05) is 0 Å². The topological polar surface area (TPSA) is 12.0 Å². The molecule has 2 aliphatic heterocycles. The third-order valence-corrected chi connectivity index (χ3v) is 2.52. The van der Waals surface area contributed by atoms with E-state index in [0.29, 0.717) is 6.54 Å². The van der Waals surface area contributed by atoms with Crippen molar-refractivity contribution in [2.45, 2.75) is 18.6 Å². The maximum absolute atomic E-state index is 12.0. The summed E-state index contributed by atoms with van der Waals surface area (Å²) in [4.78, 5) is 0. The summed E-state index contributed by atoms with van der Waals surface area (Å²) in [6, 6.07) is -0.259. The lowest BCUT2D eigenvalue weighted by Gasteiger charge is -2.35. The lowest BCUT2D eigenvalue weighted by molar-refractivity contribution is -0.207. The van der Waals surface area contributed by atoms with E-state index in [2.05, 4.69) is 5.32 Å². The van der Waals surface area contributed by atoms with E-state index < -0.39 is 12.1 Å². The Morgan fingerprint density at radius 1 is 1.30 bits per heavy atom. The quantitative estimate of drug-likeness (QED) is 0.547. The Balaban J connectivity index is 2.09. The van der Waals surface area contributed by atoms with E-state index in [0.717, 1.165) is 6.42 Å². The Labute approximate surface area is 56.6 Å². The van der Waals surface area contributed by atoms with Crippen LogP contribution in [0.15, 0.2) is 0 Å². The SMILES string of the molecule is FC(F)(F)C1C2CNC1C2. The molecule has 10 heavy (non-hydrogen) atoms. The summed E-state index contributed by atoms with van der Waals surface area (Å²) < 4.78 is 36.0. The fraction of sp³-hybridized carbons (Fsp3) is 1.00. The fourth-order valence-electron chi connectivity index (χ4n) is 1.97. The summed E-state index contributed by atoms with van der Waals surface area (Å²) in [7, 11) is 0. The van der Waals surface area contributed by atoms with Gasteiger partial charge in [-0.05, 0) is 18.9 Å². The molecule has 0 aromatic heterocycles. The van der Waals surface area contributed by atoms with Crippen LogP contribution >= 0.6 is 0 Å². The molecule has 0 radical (unpaired) electrons. The minimum absolute atomic E-state index is 0.120. The van der Waals surface area contributed by atoms with Gasteiger partial charge >= 0.3 is 6.18 Å². The smallest absolute Gasteiger partial charge is 0.313 e. The second kappa shape index (κ2) is 1.67. The van der Waals surface area contributed by atoms with Crippen molar-refractivity contribution in [3.05, 3.63) is 0 Å². The van der Waals surface area contributed by atoms with E-state index >= 15 is 0 Å². The minimum Gasteiger partial charge on any atom is -0.313 e. The molecule has 1 saturated carbocycles. The van der Waals surface area contributed by atoms with Crippen LogP contribution in [0.25, 0.3) is 0 Å². The van der Waals surface area contributed by atoms with E-state index in [-0.39, 0.29) is 12.0 Å². The number of hydrogen-bond acceptors (Lipinski definition) is 1. The number of halogens is 3. The molecule has 0 spiro atoms. The van der Waals surface area contributed by atoms with Gasteiger partial charge in [-0.3, -0.25) is 0 Å². The molecule has 0 aromatic rings. The van der Waals surface area contributed by atoms with Gasteiger partial charge in [0.15, 0.2) is 0 Å². The molecule has 3 rings (SSSR count). The van der Waals surface area contributed by atoms with Crippen LogP contribution in [-0.4, -0.2) is 18.8 Å². The first kappa shape index (κ1) is 6.46. The first-order valence-corrected chi connectivity index (χ1v) is 3.39. The predicted molar refractivity (Wildman–Crippen MR) is 29.4 cm³/mol. The lowest BCUT2D eigenvalue weighted by Crippen LogP contribution is -2.46. The van der Waals surface area contributed by atoms with Crippen LogP contribution in [0.5, 0.6) is 0 Å². The number of rotatable bonds is 0. The lowest BCUT2D eigenvalue weighted by atomic mass is 9.73. The monoisotopic (exact) mass is 151 g/mol. The van der Waals surface area contributed by atoms with Gasteiger partial charge in [0.1, 0.15) is 0 Å². The highest BCUT2D eigenvalue weighted by molar-refractivity contribution is 5.04. The third-order valence-electron chi connectivity index (χ3n) is 2.52. The van der Waals surface area contributed by atoms with Crippen molar-refractivity contribution in [1.82, 2.24) is 5.32 Å². The average Bonchev–Trinajstić information content (AvgIpc) is 2.08. The van der Waals surface area contributed by atoms with Gasteiger partial charge in [-0.1, -0.05) is 0 Å². The summed E-state index contributed by atoms with van der Waals surface area (Å²) in [5, 5.41) is 2.83. The molecular weight excluding hydrogens is 143 g/mol. The third kappa shape index (κ3) is 0.682. The molecular formula is C6H8F3N. The Kier molecular flexibility index (Phi) is 1.08. The van der Waals surface area contributed by atoms with Crippen LogP contribution in [0.2, 0.25) is 0 Å². The number of hydrogen-bond donors (Lipinski definition) is 1. The van der Waals surface area contributed by atoms with Crippen LogP contribution in [0, 0.1) is 11.8 Å². The van der Waals surface area contributed by atoms with E-state index in [1.54, 1.807) is 0 Å². The summed E-state index contributed by atoms with van der Waals surface area (Å²) >= 11 is 0. The maximum Gasteiger partial charge on any atom is 0.393 e. The molecule has 3 unspecified atom stereocenters. The van der Waals surface area contributed by atoms with Crippen molar-refractivity contribution in [3.63, 3.8) is 0 Å². The Hall–Kier alpha value is -0.250. The van der Waals surface area contributed by atoms with E-state index in [4.69, 9.17) is 0 Å². The molecule has 2 heterocycles. The second-order valence-electron chi connectivity index (χ2n) is 3.08. The maximum atomic E-state index is 12.0. The van der Waals surface area contributed by atoms with Crippen LogP contribution in [0.3, 0.4) is 0 Å². The first-order chi connectivity index (χ1) is 4.59. The molecule has 1 nitrogen and oxygen atoms in total. The first-order valence-electron chi connectivity index (χ1n) is 3.39. The fourth-order valence-corrected chi connectivity index (χ4v) is 1.97. The summed E-state index contributed by atoms with van der Waals surface area (Å²) in [5.74, 6) is -1.16. The number of nitrogens with one attached hydrogen (secondary N) is 1. The van der Waals surface area contributed by atoms with Crippen molar-refractivity contribution in [3.8, 4) is 0 Å². The van der Waals surface area contributed by atoms with Crippen LogP contribution < -0.4 is 5.32 Å². The minimum atomic E-state index is -3.96. The molecule has 2 bridgehead atoms. The Bertz CT molecular complexity index is 140. The van der Waals surface area contributed by atoms with Crippen molar-refractivity contribution in [2.75, 3.05) is 6.54 Å². The molecule has 3 fully saturated rings. The molecule has 0 aromatic carbocycles. The number of alkyl halides is 3. The highest BCUT2D eigenvalue weighted by Gasteiger charge is 2.59. The summed E-state index contributed by atoms with van der Waals surface area (Å²) in [6.45, 7) is 0.564. The average molecular weight is 151 g/mol. The molecule has 1 N–H and O–H groups in total. The van der Waals surface area contributed by atoms with Gasteiger partial charge in [0.2, 0.25) is 0 Å². The van der Waals surface area contributed by atoms with Gasteiger partial charge in [-0.25, -0.2) is 0 Å². The second-order valence-corrected chi connectivity index (χ2v) is 3.08. The largest absolute Gasteiger partial charge is 0.393 e. The molecule has 4 heteroatoms. The van der Waals surface area contributed by atoms with Crippen LogP contribution in [0.4, 0.5) is 13.2 Å². The molecule has 3 atom stereocenters. The molecule has 3 aliphatic rings. The summed E-state index contributed by atoms with van der Waals surface area (Å²) in [6.07, 6.45) is -3.23. The molecule has 58 valence electrons. The van der Waals surface area contributed by atoms with Gasteiger partial charge in [0.25, 0.3) is 0 Å². The van der Waals surface area contributed by atoms with Crippen molar-refractivity contribution in [1.29, 1.82) is 0 Å². The zero-order valence-electron chi connectivity index (χ0n) is 5.28. The normalized spacial score (nSPS) is 45.3. The van der Waals surface area contributed by atoms with E-state index in [9.17, 15) is 13.2 Å². The van der Waals surface area contributed by atoms with E-state index in [1.165, 1.54) is 0 Å². The van der Waals surface area contributed by atoms with Crippen LogP contribution in [0.1, 0.15) is 6.42 Å². The highest BCUT2D eigenvalue weighted by atomic mass is 19.4. The van der Waals surface area contributed by atoms with Crippen LogP contribution in [-0.2, 0) is 0 Å². The van der Waals surface area contributed by atoms with Crippen molar-refractivity contribution < 1.29 is 13.2 Å². The molecule has 2 saturated heterocycles. The van der Waals surface area contributed by atoms with Gasteiger partial charge in [0, 0.05) is 6.04 Å². The zero-order chi connectivity index (χ0) is 7.35. The van der Waals surface area contributed by atoms with Crippen molar-refractivity contribution >= 4 is 0 Å². The van der Waals surface area contributed by atoms with Gasteiger partial charge in [0.05, 0.1) is 5.92 Å². The number of fused-ring (bicyclic) bond motifs is 1. The Morgan fingerprint density at radius 2 is 2.00 bits per heavy atom. The molecule has 1 aliphatic carbocycles. The molecule has 0 amide bonds. The van der Waals surface area contributed by atoms with Crippen molar-refractivity contribution in [2.24, 2.45) is 11.8 Å². The summed E-state index contributed by atoms with van der Waals surface area (Å²) in [5.41, 5.74) is 0. The van der Waals surface area contributed by atoms with Gasteiger partial charge < -0.3 is 5.32 Å². The van der Waals surface area contributed by atoms with Gasteiger partial charge in [-0.15, -0.1) is 0 Å².